The van der Waals surface area contributed by atoms with E-state index in [2.05, 4.69) is 59.8 Å². The normalized spacial score (nSPS) is 14.5. The fourth-order valence-electron chi connectivity index (χ4n) is 4.08. The number of aromatic nitrogens is 2. The molecule has 0 spiro atoms. The van der Waals surface area contributed by atoms with Crippen LogP contribution in [0.5, 0.6) is 0 Å². The highest BCUT2D eigenvalue weighted by atomic mass is 15.1. The molecule has 3 heteroatoms. The standard InChI is InChI=1S/C21H15N3/c1-21(2)16-7-3-5-14-15-6-4-10-23-20(15)24(19(14)16)18-9-8-13(12-22)11-17(18)21/h3-11H,1-2H3. The Hall–Kier alpha value is -3.12. The van der Waals surface area contributed by atoms with Crippen LogP contribution in [0.15, 0.2) is 54.7 Å². The van der Waals surface area contributed by atoms with Crippen LogP contribution in [0.25, 0.3) is 27.6 Å². The van der Waals surface area contributed by atoms with E-state index in [9.17, 15) is 5.26 Å². The summed E-state index contributed by atoms with van der Waals surface area (Å²) >= 11 is 0. The van der Waals surface area contributed by atoms with Gasteiger partial charge in [-0.25, -0.2) is 4.98 Å². The van der Waals surface area contributed by atoms with E-state index in [1.807, 2.05) is 24.4 Å². The minimum atomic E-state index is -0.161. The van der Waals surface area contributed by atoms with Gasteiger partial charge in [0.15, 0.2) is 0 Å². The van der Waals surface area contributed by atoms with Crippen molar-refractivity contribution < 1.29 is 0 Å². The van der Waals surface area contributed by atoms with Gasteiger partial charge in [-0.2, -0.15) is 5.26 Å². The fraction of sp³-hybridized carbons (Fsp3) is 0.143. The second-order valence-corrected chi connectivity index (χ2v) is 6.88. The van der Waals surface area contributed by atoms with Gasteiger partial charge in [-0.3, -0.25) is 4.57 Å². The number of benzene rings is 2. The van der Waals surface area contributed by atoms with Crippen LogP contribution >= 0.6 is 0 Å². The largest absolute Gasteiger partial charge is 0.293 e. The summed E-state index contributed by atoms with van der Waals surface area (Å²) < 4.78 is 2.25. The van der Waals surface area contributed by atoms with E-state index in [4.69, 9.17) is 0 Å². The predicted octanol–water partition coefficient (Wildman–Crippen LogP) is 4.69. The van der Waals surface area contributed by atoms with Crippen molar-refractivity contribution in [1.82, 2.24) is 9.55 Å². The van der Waals surface area contributed by atoms with Crippen molar-refractivity contribution in [2.45, 2.75) is 19.3 Å². The number of nitrogens with zero attached hydrogens (tertiary/aromatic N) is 3. The molecule has 3 nitrogen and oxygen atoms in total. The Labute approximate surface area is 139 Å². The number of hydrogen-bond acceptors (Lipinski definition) is 2. The van der Waals surface area contributed by atoms with Gasteiger partial charge in [-0.1, -0.05) is 32.0 Å². The first-order valence-corrected chi connectivity index (χ1v) is 8.06. The number of para-hydroxylation sites is 1. The molecule has 5 rings (SSSR count). The molecule has 1 aliphatic rings. The summed E-state index contributed by atoms with van der Waals surface area (Å²) in [6.45, 7) is 4.46. The zero-order valence-electron chi connectivity index (χ0n) is 13.5. The second-order valence-electron chi connectivity index (χ2n) is 6.88. The second kappa shape index (κ2) is 4.24. The molecule has 0 atom stereocenters. The number of hydrogen-bond donors (Lipinski definition) is 0. The lowest BCUT2D eigenvalue weighted by Gasteiger charge is -2.34. The number of pyridine rings is 1. The Morgan fingerprint density at radius 2 is 1.83 bits per heavy atom. The number of nitriles is 1. The van der Waals surface area contributed by atoms with Crippen LogP contribution in [0.2, 0.25) is 0 Å². The molecule has 2 aromatic heterocycles. The van der Waals surface area contributed by atoms with Crippen molar-refractivity contribution in [2.24, 2.45) is 0 Å². The van der Waals surface area contributed by atoms with Crippen LogP contribution in [0.4, 0.5) is 0 Å². The first-order valence-electron chi connectivity index (χ1n) is 8.06. The van der Waals surface area contributed by atoms with Gasteiger partial charge >= 0.3 is 0 Å². The van der Waals surface area contributed by atoms with Crippen molar-refractivity contribution >= 4 is 21.9 Å². The highest BCUT2D eigenvalue weighted by Crippen LogP contribution is 2.46. The molecule has 0 fully saturated rings. The molecular formula is C21H15N3. The average Bonchev–Trinajstić information content (AvgIpc) is 2.95. The molecule has 0 aliphatic carbocycles. The van der Waals surface area contributed by atoms with Gasteiger partial charge in [0.25, 0.3) is 0 Å². The molecule has 0 bridgehead atoms. The average molecular weight is 309 g/mol. The molecule has 0 amide bonds. The van der Waals surface area contributed by atoms with Gasteiger partial charge in [-0.15, -0.1) is 0 Å². The molecule has 24 heavy (non-hydrogen) atoms. The van der Waals surface area contributed by atoms with Crippen LogP contribution in [-0.2, 0) is 5.41 Å². The van der Waals surface area contributed by atoms with E-state index in [1.54, 1.807) is 0 Å². The Morgan fingerprint density at radius 1 is 1.00 bits per heavy atom. The Morgan fingerprint density at radius 3 is 2.67 bits per heavy atom. The van der Waals surface area contributed by atoms with E-state index in [0.717, 1.165) is 11.3 Å². The molecule has 0 saturated carbocycles. The van der Waals surface area contributed by atoms with Crippen LogP contribution in [0, 0.1) is 11.3 Å². The lowest BCUT2D eigenvalue weighted by molar-refractivity contribution is 0.629. The van der Waals surface area contributed by atoms with Crippen molar-refractivity contribution in [3.8, 4) is 11.8 Å². The molecule has 0 unspecified atom stereocenters. The highest BCUT2D eigenvalue weighted by molar-refractivity contribution is 6.10. The maximum atomic E-state index is 9.32. The lowest BCUT2D eigenvalue weighted by atomic mass is 9.74. The molecule has 2 aromatic carbocycles. The molecule has 4 aromatic rings. The summed E-state index contributed by atoms with van der Waals surface area (Å²) in [7, 11) is 0. The van der Waals surface area contributed by atoms with Crippen molar-refractivity contribution in [1.29, 1.82) is 5.26 Å². The minimum absolute atomic E-state index is 0.161. The fourth-order valence-corrected chi connectivity index (χ4v) is 4.08. The summed E-state index contributed by atoms with van der Waals surface area (Å²) in [6.07, 6.45) is 1.84. The molecule has 3 heterocycles. The Kier molecular flexibility index (Phi) is 2.36. The van der Waals surface area contributed by atoms with Gasteiger partial charge in [0, 0.05) is 22.4 Å². The van der Waals surface area contributed by atoms with E-state index in [1.165, 1.54) is 27.4 Å². The molecule has 0 saturated heterocycles. The smallest absolute Gasteiger partial charge is 0.145 e. The van der Waals surface area contributed by atoms with Crippen molar-refractivity contribution in [3.05, 3.63) is 71.4 Å². The third kappa shape index (κ3) is 1.43. The monoisotopic (exact) mass is 309 g/mol. The number of fused-ring (bicyclic) bond motifs is 5. The maximum Gasteiger partial charge on any atom is 0.145 e. The van der Waals surface area contributed by atoms with Gasteiger partial charge in [-0.05, 0) is 41.5 Å². The van der Waals surface area contributed by atoms with Crippen molar-refractivity contribution in [3.63, 3.8) is 0 Å². The van der Waals surface area contributed by atoms with Gasteiger partial charge in [0.1, 0.15) is 5.65 Å². The van der Waals surface area contributed by atoms with Crippen LogP contribution in [0.1, 0.15) is 30.5 Å². The highest BCUT2D eigenvalue weighted by Gasteiger charge is 2.35. The summed E-state index contributed by atoms with van der Waals surface area (Å²) in [5, 5.41) is 11.7. The topological polar surface area (TPSA) is 41.6 Å². The summed E-state index contributed by atoms with van der Waals surface area (Å²) in [6, 6.07) is 18.8. The molecular weight excluding hydrogens is 294 g/mol. The summed E-state index contributed by atoms with van der Waals surface area (Å²) in [5.41, 5.74) is 6.31. The van der Waals surface area contributed by atoms with Gasteiger partial charge in [0.05, 0.1) is 22.8 Å². The Bertz CT molecular complexity index is 1190. The van der Waals surface area contributed by atoms with E-state index >= 15 is 0 Å². The van der Waals surface area contributed by atoms with Crippen LogP contribution < -0.4 is 0 Å². The SMILES string of the molecule is CC1(C)c2cc(C#N)ccc2-n2c3ncccc3c3cccc1c32. The summed E-state index contributed by atoms with van der Waals surface area (Å²) in [4.78, 5) is 4.65. The quantitative estimate of drug-likeness (QED) is 0.473. The van der Waals surface area contributed by atoms with E-state index in [0.29, 0.717) is 5.56 Å². The number of rotatable bonds is 0. The first-order chi connectivity index (χ1) is 11.6. The minimum Gasteiger partial charge on any atom is -0.293 e. The van der Waals surface area contributed by atoms with Gasteiger partial charge < -0.3 is 0 Å². The molecule has 114 valence electrons. The van der Waals surface area contributed by atoms with Crippen molar-refractivity contribution in [2.75, 3.05) is 0 Å². The lowest BCUT2D eigenvalue weighted by Crippen LogP contribution is -2.26. The van der Waals surface area contributed by atoms with Crippen LogP contribution in [0.3, 0.4) is 0 Å². The predicted molar refractivity (Wildman–Crippen MR) is 95.4 cm³/mol. The maximum absolute atomic E-state index is 9.32. The van der Waals surface area contributed by atoms with E-state index < -0.39 is 0 Å². The van der Waals surface area contributed by atoms with E-state index in [-0.39, 0.29) is 5.41 Å². The zero-order chi connectivity index (χ0) is 16.5. The Balaban J connectivity index is 2.09. The van der Waals surface area contributed by atoms with Gasteiger partial charge in [0.2, 0.25) is 0 Å². The first kappa shape index (κ1) is 13.3. The zero-order valence-corrected chi connectivity index (χ0v) is 13.5. The third-order valence-electron chi connectivity index (χ3n) is 5.26. The third-order valence-corrected chi connectivity index (χ3v) is 5.26. The molecule has 0 radical (unpaired) electrons. The summed E-state index contributed by atoms with van der Waals surface area (Å²) in [5.74, 6) is 0. The van der Waals surface area contributed by atoms with Crippen LogP contribution in [-0.4, -0.2) is 9.55 Å². The molecule has 1 aliphatic heterocycles. The molecule has 0 N–H and O–H groups in total.